The third kappa shape index (κ3) is 2.43. The molecular weight excluding hydrogens is 140 g/mol. The largest absolute Gasteiger partial charge is 0.392 e. The third-order valence-electron chi connectivity index (χ3n) is 2.27. The van der Waals surface area contributed by atoms with Gasteiger partial charge < -0.3 is 10.8 Å². The van der Waals surface area contributed by atoms with E-state index in [4.69, 9.17) is 10.8 Å². The average molecular weight is 158 g/mol. The zero-order valence-electron chi connectivity index (χ0n) is 7.33. The molecule has 11 heavy (non-hydrogen) atoms. The SMILES string of the molecule is CC1CN(C[C@@H](C)O)CC1N. The van der Waals surface area contributed by atoms with Crippen LogP contribution in [0.5, 0.6) is 0 Å². The van der Waals surface area contributed by atoms with Crippen molar-refractivity contribution in [1.29, 1.82) is 0 Å². The molecule has 1 aliphatic heterocycles. The maximum atomic E-state index is 9.10. The monoisotopic (exact) mass is 158 g/mol. The summed E-state index contributed by atoms with van der Waals surface area (Å²) >= 11 is 0. The van der Waals surface area contributed by atoms with Crippen LogP contribution in [0, 0.1) is 5.92 Å². The smallest absolute Gasteiger partial charge is 0.0639 e. The minimum atomic E-state index is -0.229. The molecule has 3 heteroatoms. The summed E-state index contributed by atoms with van der Waals surface area (Å²) in [5.74, 6) is 0.578. The molecule has 1 aliphatic rings. The maximum absolute atomic E-state index is 9.10. The van der Waals surface area contributed by atoms with Gasteiger partial charge in [0.05, 0.1) is 6.10 Å². The highest BCUT2D eigenvalue weighted by Gasteiger charge is 2.26. The predicted molar refractivity (Wildman–Crippen MR) is 45.3 cm³/mol. The molecule has 2 unspecified atom stereocenters. The first-order chi connectivity index (χ1) is 5.09. The first kappa shape index (κ1) is 8.97. The summed E-state index contributed by atoms with van der Waals surface area (Å²) in [4.78, 5) is 2.22. The van der Waals surface area contributed by atoms with E-state index in [1.807, 2.05) is 6.92 Å². The molecule has 0 radical (unpaired) electrons. The van der Waals surface area contributed by atoms with Crippen LogP contribution >= 0.6 is 0 Å². The number of aliphatic hydroxyl groups is 1. The predicted octanol–water partition coefficient (Wildman–Crippen LogP) is -0.354. The molecule has 66 valence electrons. The van der Waals surface area contributed by atoms with Gasteiger partial charge in [0.25, 0.3) is 0 Å². The highest BCUT2D eigenvalue weighted by atomic mass is 16.3. The van der Waals surface area contributed by atoms with Crippen LogP contribution in [0.4, 0.5) is 0 Å². The normalized spacial score (nSPS) is 36.0. The van der Waals surface area contributed by atoms with Crippen molar-refractivity contribution >= 4 is 0 Å². The minimum Gasteiger partial charge on any atom is -0.392 e. The first-order valence-electron chi connectivity index (χ1n) is 4.25. The van der Waals surface area contributed by atoms with Crippen LogP contribution in [0.15, 0.2) is 0 Å². The lowest BCUT2D eigenvalue weighted by Gasteiger charge is -2.16. The second-order valence-corrected chi connectivity index (χ2v) is 3.71. The maximum Gasteiger partial charge on any atom is 0.0639 e. The standard InChI is InChI=1S/C8H18N2O/c1-6-3-10(4-7(2)11)5-8(6)9/h6-8,11H,3-5,9H2,1-2H3/t6?,7-,8?/m1/s1. The van der Waals surface area contributed by atoms with Gasteiger partial charge in [0.15, 0.2) is 0 Å². The van der Waals surface area contributed by atoms with Crippen molar-refractivity contribution in [3.05, 3.63) is 0 Å². The van der Waals surface area contributed by atoms with E-state index in [0.717, 1.165) is 19.6 Å². The van der Waals surface area contributed by atoms with Crippen molar-refractivity contribution in [2.75, 3.05) is 19.6 Å². The van der Waals surface area contributed by atoms with Gasteiger partial charge in [0.2, 0.25) is 0 Å². The summed E-state index contributed by atoms with van der Waals surface area (Å²) < 4.78 is 0. The van der Waals surface area contributed by atoms with E-state index in [2.05, 4.69) is 11.8 Å². The third-order valence-corrected chi connectivity index (χ3v) is 2.27. The molecule has 0 aromatic carbocycles. The summed E-state index contributed by atoms with van der Waals surface area (Å²) in [6, 6.07) is 0.300. The number of hydrogen-bond acceptors (Lipinski definition) is 3. The fourth-order valence-electron chi connectivity index (χ4n) is 1.62. The molecule has 1 heterocycles. The van der Waals surface area contributed by atoms with Crippen LogP contribution in [0.2, 0.25) is 0 Å². The Labute approximate surface area is 68.2 Å². The number of β-amino-alcohol motifs (C(OH)–C–C–N with tert-alkyl or cyclic N) is 1. The topological polar surface area (TPSA) is 49.5 Å². The molecule has 0 aromatic heterocycles. The number of hydrogen-bond donors (Lipinski definition) is 2. The van der Waals surface area contributed by atoms with E-state index >= 15 is 0 Å². The van der Waals surface area contributed by atoms with Gasteiger partial charge in [0.1, 0.15) is 0 Å². The van der Waals surface area contributed by atoms with Gasteiger partial charge in [-0.3, -0.25) is 4.90 Å². The van der Waals surface area contributed by atoms with Gasteiger partial charge in [-0.25, -0.2) is 0 Å². The molecule has 0 aromatic rings. The van der Waals surface area contributed by atoms with Crippen molar-refractivity contribution in [3.8, 4) is 0 Å². The lowest BCUT2D eigenvalue weighted by molar-refractivity contribution is 0.139. The van der Waals surface area contributed by atoms with Crippen molar-refractivity contribution in [1.82, 2.24) is 4.90 Å². The second kappa shape index (κ2) is 3.52. The number of rotatable bonds is 2. The van der Waals surface area contributed by atoms with Crippen LogP contribution in [-0.4, -0.2) is 41.8 Å². The molecule has 0 bridgehead atoms. The Morgan fingerprint density at radius 2 is 2.27 bits per heavy atom. The molecule has 0 saturated carbocycles. The number of likely N-dealkylation sites (tertiary alicyclic amines) is 1. The molecule has 0 aliphatic carbocycles. The average Bonchev–Trinajstić information content (AvgIpc) is 2.10. The highest BCUT2D eigenvalue weighted by molar-refractivity contribution is 4.84. The van der Waals surface area contributed by atoms with Gasteiger partial charge in [-0.1, -0.05) is 6.92 Å². The van der Waals surface area contributed by atoms with E-state index in [9.17, 15) is 0 Å². The van der Waals surface area contributed by atoms with Gasteiger partial charge >= 0.3 is 0 Å². The quantitative estimate of drug-likeness (QED) is 0.577. The Kier molecular flexibility index (Phi) is 2.87. The Bertz CT molecular complexity index is 115. The van der Waals surface area contributed by atoms with Crippen molar-refractivity contribution in [3.63, 3.8) is 0 Å². The van der Waals surface area contributed by atoms with Crippen molar-refractivity contribution in [2.45, 2.75) is 26.0 Å². The van der Waals surface area contributed by atoms with Gasteiger partial charge in [-0.05, 0) is 12.8 Å². The Morgan fingerprint density at radius 3 is 2.64 bits per heavy atom. The van der Waals surface area contributed by atoms with Gasteiger partial charge in [0, 0.05) is 25.7 Å². The molecule has 1 rings (SSSR count). The van der Waals surface area contributed by atoms with Crippen LogP contribution in [0.25, 0.3) is 0 Å². The van der Waals surface area contributed by atoms with Crippen LogP contribution in [0.3, 0.4) is 0 Å². The molecule has 3 N–H and O–H groups in total. The second-order valence-electron chi connectivity index (χ2n) is 3.71. The van der Waals surface area contributed by atoms with E-state index in [-0.39, 0.29) is 6.10 Å². The number of nitrogens with zero attached hydrogens (tertiary/aromatic N) is 1. The summed E-state index contributed by atoms with van der Waals surface area (Å²) in [6.07, 6.45) is -0.229. The molecule has 3 atom stereocenters. The molecule has 0 amide bonds. The van der Waals surface area contributed by atoms with Gasteiger partial charge in [-0.15, -0.1) is 0 Å². The Morgan fingerprint density at radius 1 is 1.64 bits per heavy atom. The van der Waals surface area contributed by atoms with E-state index in [1.54, 1.807) is 0 Å². The first-order valence-corrected chi connectivity index (χ1v) is 4.25. The number of aliphatic hydroxyl groups excluding tert-OH is 1. The van der Waals surface area contributed by atoms with Crippen LogP contribution < -0.4 is 5.73 Å². The van der Waals surface area contributed by atoms with Crippen LogP contribution in [-0.2, 0) is 0 Å². The fraction of sp³-hybridized carbons (Fsp3) is 1.00. The lowest BCUT2D eigenvalue weighted by Crippen LogP contribution is -2.32. The molecule has 3 nitrogen and oxygen atoms in total. The van der Waals surface area contributed by atoms with Crippen molar-refractivity contribution < 1.29 is 5.11 Å². The summed E-state index contributed by atoms with van der Waals surface area (Å²) in [5.41, 5.74) is 5.82. The summed E-state index contributed by atoms with van der Waals surface area (Å²) in [7, 11) is 0. The van der Waals surface area contributed by atoms with Gasteiger partial charge in [-0.2, -0.15) is 0 Å². The fourth-order valence-corrected chi connectivity index (χ4v) is 1.62. The molecule has 1 saturated heterocycles. The summed E-state index contributed by atoms with van der Waals surface area (Å²) in [6.45, 7) is 6.71. The zero-order chi connectivity index (χ0) is 8.43. The molecule has 1 fully saturated rings. The Hall–Kier alpha value is -0.120. The zero-order valence-corrected chi connectivity index (χ0v) is 7.33. The molecule has 0 spiro atoms. The van der Waals surface area contributed by atoms with Crippen LogP contribution in [0.1, 0.15) is 13.8 Å². The molecular formula is C8H18N2O. The highest BCUT2D eigenvalue weighted by Crippen LogP contribution is 2.13. The summed E-state index contributed by atoms with van der Waals surface area (Å²) in [5, 5.41) is 9.10. The Balaban J connectivity index is 2.29. The van der Waals surface area contributed by atoms with E-state index < -0.39 is 0 Å². The minimum absolute atomic E-state index is 0.229. The van der Waals surface area contributed by atoms with E-state index in [0.29, 0.717) is 12.0 Å². The number of nitrogens with two attached hydrogens (primary N) is 1. The lowest BCUT2D eigenvalue weighted by atomic mass is 10.1. The van der Waals surface area contributed by atoms with E-state index in [1.165, 1.54) is 0 Å². The van der Waals surface area contributed by atoms with Crippen molar-refractivity contribution in [2.24, 2.45) is 11.7 Å².